The van der Waals surface area contributed by atoms with Crippen molar-refractivity contribution in [2.45, 2.75) is 30.8 Å². The third-order valence-corrected chi connectivity index (χ3v) is 3.73. The largest absolute Gasteiger partial charge is 0.396 e. The maximum absolute atomic E-state index is 8.76. The van der Waals surface area contributed by atoms with E-state index in [2.05, 4.69) is 19.9 Å². The number of anilines is 2. The first kappa shape index (κ1) is 13.4. The molecule has 1 aliphatic heterocycles. The molecule has 100 valence electrons. The molecule has 0 aromatic carbocycles. The number of thioether (sulfide) groups is 1. The van der Waals surface area contributed by atoms with Crippen LogP contribution in [0.15, 0.2) is 5.16 Å². The zero-order chi connectivity index (χ0) is 12.8. The van der Waals surface area contributed by atoms with E-state index in [1.54, 1.807) is 0 Å². The lowest BCUT2D eigenvalue weighted by Crippen LogP contribution is -2.31. The second-order valence-corrected chi connectivity index (χ2v) is 5.31. The second-order valence-electron chi connectivity index (χ2n) is 4.25. The maximum atomic E-state index is 8.76. The molecular formula is C11H19N5OS. The van der Waals surface area contributed by atoms with Crippen molar-refractivity contribution in [2.24, 2.45) is 0 Å². The summed E-state index contributed by atoms with van der Waals surface area (Å²) in [7, 11) is 0. The van der Waals surface area contributed by atoms with Gasteiger partial charge in [0.1, 0.15) is 0 Å². The molecule has 0 aliphatic carbocycles. The van der Waals surface area contributed by atoms with E-state index in [1.807, 2.05) is 0 Å². The zero-order valence-corrected chi connectivity index (χ0v) is 11.2. The lowest BCUT2D eigenvalue weighted by Gasteiger charge is -2.26. The Labute approximate surface area is 111 Å². The van der Waals surface area contributed by atoms with E-state index in [0.29, 0.717) is 11.1 Å². The molecule has 18 heavy (non-hydrogen) atoms. The molecular weight excluding hydrogens is 250 g/mol. The molecule has 0 spiro atoms. The minimum Gasteiger partial charge on any atom is -0.396 e. The summed E-state index contributed by atoms with van der Waals surface area (Å²) in [6.07, 6.45) is 4.36. The Balaban J connectivity index is 2.05. The number of piperidine rings is 1. The van der Waals surface area contributed by atoms with Crippen molar-refractivity contribution in [1.29, 1.82) is 0 Å². The normalized spacial score (nSPS) is 15.9. The minimum atomic E-state index is 0.187. The van der Waals surface area contributed by atoms with Gasteiger partial charge in [0, 0.05) is 25.4 Å². The fourth-order valence-corrected chi connectivity index (χ4v) is 2.65. The van der Waals surface area contributed by atoms with Crippen molar-refractivity contribution >= 4 is 23.7 Å². The molecule has 2 heterocycles. The summed E-state index contributed by atoms with van der Waals surface area (Å²) in [5.74, 6) is 1.75. The molecule has 1 aromatic rings. The quantitative estimate of drug-likeness (QED) is 0.607. The standard InChI is InChI=1S/C11H19N5OS/c12-9-13-10(16-5-2-1-3-6-16)15-11(14-9)18-8-4-7-17/h17H,1-8H2,(H2,12,13,14,15). The van der Waals surface area contributed by atoms with Crippen molar-refractivity contribution < 1.29 is 5.11 Å². The van der Waals surface area contributed by atoms with E-state index >= 15 is 0 Å². The third-order valence-electron chi connectivity index (χ3n) is 2.79. The predicted molar refractivity (Wildman–Crippen MR) is 72.7 cm³/mol. The second kappa shape index (κ2) is 6.75. The van der Waals surface area contributed by atoms with E-state index in [0.717, 1.165) is 25.3 Å². The Kier molecular flexibility index (Phi) is 5.00. The first-order valence-electron chi connectivity index (χ1n) is 6.30. The van der Waals surface area contributed by atoms with Crippen LogP contribution in [0.25, 0.3) is 0 Å². The van der Waals surface area contributed by atoms with E-state index in [1.165, 1.54) is 31.0 Å². The fourth-order valence-electron chi connectivity index (χ4n) is 1.89. The Morgan fingerprint density at radius 3 is 2.67 bits per heavy atom. The minimum absolute atomic E-state index is 0.187. The molecule has 0 saturated carbocycles. The van der Waals surface area contributed by atoms with Crippen LogP contribution in [0.2, 0.25) is 0 Å². The summed E-state index contributed by atoms with van der Waals surface area (Å²) < 4.78 is 0. The lowest BCUT2D eigenvalue weighted by atomic mass is 10.1. The van der Waals surface area contributed by atoms with Gasteiger partial charge in [0.25, 0.3) is 0 Å². The van der Waals surface area contributed by atoms with Crippen LogP contribution in [0.4, 0.5) is 11.9 Å². The number of aliphatic hydroxyl groups is 1. The molecule has 2 rings (SSSR count). The number of nitrogens with zero attached hydrogens (tertiary/aromatic N) is 4. The van der Waals surface area contributed by atoms with E-state index in [-0.39, 0.29) is 12.6 Å². The van der Waals surface area contributed by atoms with Crippen LogP contribution in [0.5, 0.6) is 0 Å². The Bertz CT molecular complexity index is 384. The van der Waals surface area contributed by atoms with Crippen molar-refractivity contribution in [3.8, 4) is 0 Å². The number of rotatable bonds is 5. The SMILES string of the molecule is Nc1nc(SCCCO)nc(N2CCCCC2)n1. The van der Waals surface area contributed by atoms with Gasteiger partial charge in [-0.2, -0.15) is 15.0 Å². The number of hydrogen-bond acceptors (Lipinski definition) is 7. The van der Waals surface area contributed by atoms with E-state index < -0.39 is 0 Å². The van der Waals surface area contributed by atoms with Gasteiger partial charge in [0.15, 0.2) is 5.16 Å². The first-order valence-corrected chi connectivity index (χ1v) is 7.28. The first-order chi connectivity index (χ1) is 8.79. The molecule has 7 heteroatoms. The number of aromatic nitrogens is 3. The highest BCUT2D eigenvalue weighted by molar-refractivity contribution is 7.99. The predicted octanol–water partition coefficient (Wildman–Crippen LogP) is 0.919. The van der Waals surface area contributed by atoms with Crippen LogP contribution in [0.3, 0.4) is 0 Å². The summed E-state index contributed by atoms with van der Waals surface area (Å²) in [6.45, 7) is 2.17. The smallest absolute Gasteiger partial charge is 0.231 e. The zero-order valence-electron chi connectivity index (χ0n) is 10.4. The van der Waals surface area contributed by atoms with Crippen molar-refractivity contribution in [3.05, 3.63) is 0 Å². The highest BCUT2D eigenvalue weighted by Gasteiger charge is 2.15. The van der Waals surface area contributed by atoms with Gasteiger partial charge >= 0.3 is 0 Å². The van der Waals surface area contributed by atoms with Crippen LogP contribution in [-0.4, -0.2) is 45.5 Å². The van der Waals surface area contributed by atoms with Crippen LogP contribution in [-0.2, 0) is 0 Å². The molecule has 1 aromatic heterocycles. The number of nitrogens with two attached hydrogens (primary N) is 1. The van der Waals surface area contributed by atoms with Gasteiger partial charge in [-0.05, 0) is 25.7 Å². The summed E-state index contributed by atoms with van der Waals surface area (Å²) in [5, 5.41) is 9.41. The molecule has 1 aliphatic rings. The van der Waals surface area contributed by atoms with Gasteiger partial charge in [0.2, 0.25) is 11.9 Å². The average Bonchev–Trinajstić information content (AvgIpc) is 2.39. The van der Waals surface area contributed by atoms with Crippen molar-refractivity contribution in [2.75, 3.05) is 36.1 Å². The van der Waals surface area contributed by atoms with Crippen LogP contribution in [0, 0.1) is 0 Å². The van der Waals surface area contributed by atoms with Gasteiger partial charge in [-0.3, -0.25) is 0 Å². The molecule has 0 bridgehead atoms. The highest BCUT2D eigenvalue weighted by Crippen LogP contribution is 2.20. The van der Waals surface area contributed by atoms with Crippen molar-refractivity contribution in [1.82, 2.24) is 15.0 Å². The maximum Gasteiger partial charge on any atom is 0.231 e. The molecule has 0 unspecified atom stereocenters. The van der Waals surface area contributed by atoms with Crippen molar-refractivity contribution in [3.63, 3.8) is 0 Å². The van der Waals surface area contributed by atoms with Crippen LogP contribution in [0.1, 0.15) is 25.7 Å². The Morgan fingerprint density at radius 2 is 1.94 bits per heavy atom. The number of nitrogen functional groups attached to an aromatic ring is 1. The third kappa shape index (κ3) is 3.71. The Morgan fingerprint density at radius 1 is 1.17 bits per heavy atom. The van der Waals surface area contributed by atoms with E-state index in [4.69, 9.17) is 10.8 Å². The highest BCUT2D eigenvalue weighted by atomic mass is 32.2. The van der Waals surface area contributed by atoms with Crippen LogP contribution < -0.4 is 10.6 Å². The molecule has 0 radical (unpaired) electrons. The summed E-state index contributed by atoms with van der Waals surface area (Å²) in [6, 6.07) is 0. The molecule has 1 saturated heterocycles. The summed E-state index contributed by atoms with van der Waals surface area (Å²) in [5.41, 5.74) is 5.72. The van der Waals surface area contributed by atoms with Gasteiger partial charge in [-0.1, -0.05) is 11.8 Å². The fraction of sp³-hybridized carbons (Fsp3) is 0.727. The van der Waals surface area contributed by atoms with E-state index in [9.17, 15) is 0 Å². The van der Waals surface area contributed by atoms with Gasteiger partial charge < -0.3 is 15.7 Å². The summed E-state index contributed by atoms with van der Waals surface area (Å²) >= 11 is 1.51. The number of aliphatic hydroxyl groups excluding tert-OH is 1. The number of hydrogen-bond donors (Lipinski definition) is 2. The monoisotopic (exact) mass is 269 g/mol. The average molecular weight is 269 g/mol. The van der Waals surface area contributed by atoms with Gasteiger partial charge in [-0.15, -0.1) is 0 Å². The Hall–Kier alpha value is -1.08. The topological polar surface area (TPSA) is 88.2 Å². The summed E-state index contributed by atoms with van der Waals surface area (Å²) in [4.78, 5) is 14.9. The molecule has 0 amide bonds. The molecule has 1 fully saturated rings. The molecule has 6 nitrogen and oxygen atoms in total. The van der Waals surface area contributed by atoms with Crippen LogP contribution >= 0.6 is 11.8 Å². The lowest BCUT2D eigenvalue weighted by molar-refractivity contribution is 0.296. The molecule has 3 N–H and O–H groups in total. The van der Waals surface area contributed by atoms with Gasteiger partial charge in [-0.25, -0.2) is 0 Å². The molecule has 0 atom stereocenters. The van der Waals surface area contributed by atoms with Gasteiger partial charge in [0.05, 0.1) is 0 Å².